The molecule has 1 amide bonds. The van der Waals surface area contributed by atoms with Crippen molar-refractivity contribution >= 4 is 17.5 Å². The minimum Gasteiger partial charge on any atom is -0.504 e. The normalized spacial score (nSPS) is 16.3. The van der Waals surface area contributed by atoms with Gasteiger partial charge in [-0.3, -0.25) is 4.79 Å². The van der Waals surface area contributed by atoms with Crippen LogP contribution >= 0.6 is 11.6 Å². The van der Waals surface area contributed by atoms with Crippen molar-refractivity contribution in [1.29, 1.82) is 0 Å². The second-order valence-corrected chi connectivity index (χ2v) is 5.17. The van der Waals surface area contributed by atoms with Crippen LogP contribution in [-0.4, -0.2) is 28.5 Å². The summed E-state index contributed by atoms with van der Waals surface area (Å²) >= 11 is 5.72. The van der Waals surface area contributed by atoms with Crippen LogP contribution in [0.15, 0.2) is 18.2 Å². The van der Waals surface area contributed by atoms with Crippen LogP contribution < -0.4 is 5.32 Å². The van der Waals surface area contributed by atoms with E-state index < -0.39 is 0 Å². The van der Waals surface area contributed by atoms with Crippen molar-refractivity contribution in [1.82, 2.24) is 5.32 Å². The number of nitrogens with one attached hydrogen (secondary N) is 1. The van der Waals surface area contributed by atoms with Crippen LogP contribution in [0.1, 0.15) is 29.6 Å². The zero-order valence-corrected chi connectivity index (χ0v) is 10.7. The minimum absolute atomic E-state index is 0.0941. The smallest absolute Gasteiger partial charge is 0.255 e. The zero-order valence-electron chi connectivity index (χ0n) is 9.95. The molecule has 2 rings (SSSR count). The Kier molecular flexibility index (Phi) is 3.66. The molecule has 0 heterocycles. The fourth-order valence-corrected chi connectivity index (χ4v) is 2.37. The summed E-state index contributed by atoms with van der Waals surface area (Å²) in [6.07, 6.45) is 3.04. The molecule has 1 saturated carbocycles. The third kappa shape index (κ3) is 2.70. The number of hydrogen-bond donors (Lipinski definition) is 3. The summed E-state index contributed by atoms with van der Waals surface area (Å²) in [6.45, 7) is 0.563. The fraction of sp³-hybridized carbons (Fsp3) is 0.462. The van der Waals surface area contributed by atoms with Gasteiger partial charge < -0.3 is 15.5 Å². The summed E-state index contributed by atoms with van der Waals surface area (Å²) in [5, 5.41) is 21.7. The first-order valence-electron chi connectivity index (χ1n) is 5.93. The van der Waals surface area contributed by atoms with Crippen molar-refractivity contribution in [3.63, 3.8) is 0 Å². The minimum atomic E-state index is -0.378. The molecule has 1 fully saturated rings. The van der Waals surface area contributed by atoms with Crippen LogP contribution in [0.3, 0.4) is 0 Å². The predicted octanol–water partition coefficient (Wildman–Crippen LogP) is 2.24. The number of alkyl halides is 1. The lowest BCUT2D eigenvalue weighted by molar-refractivity contribution is 0.0941. The summed E-state index contributed by atoms with van der Waals surface area (Å²) in [6, 6.07) is 4.34. The van der Waals surface area contributed by atoms with Gasteiger partial charge in [-0.15, -0.1) is 11.6 Å². The second-order valence-electron chi connectivity index (χ2n) is 4.79. The highest BCUT2D eigenvalue weighted by Gasteiger charge is 2.41. The number of aromatic hydroxyl groups is 2. The highest BCUT2D eigenvalue weighted by Crippen LogP contribution is 2.48. The number of phenolic OH excluding ortho intramolecular Hbond substituents is 2. The van der Waals surface area contributed by atoms with Crippen molar-refractivity contribution in [2.75, 3.05) is 12.4 Å². The van der Waals surface area contributed by atoms with Crippen molar-refractivity contribution in [2.45, 2.75) is 19.3 Å². The van der Waals surface area contributed by atoms with Gasteiger partial charge in [0.2, 0.25) is 0 Å². The topological polar surface area (TPSA) is 69.6 Å². The molecule has 0 saturated heterocycles. The standard InChI is InChI=1S/C13H16ClNO3/c14-7-6-13(4-5-13)8-15-12(18)9-2-1-3-10(16)11(9)17/h1-3,16-17H,4-8H2,(H,15,18). The third-order valence-electron chi connectivity index (χ3n) is 3.47. The Morgan fingerprint density at radius 1 is 1.39 bits per heavy atom. The van der Waals surface area contributed by atoms with E-state index >= 15 is 0 Å². The molecule has 4 nitrogen and oxygen atoms in total. The molecule has 0 aliphatic heterocycles. The van der Waals surface area contributed by atoms with Crippen molar-refractivity contribution in [2.24, 2.45) is 5.41 Å². The molecule has 0 atom stereocenters. The number of hydrogen-bond acceptors (Lipinski definition) is 3. The SMILES string of the molecule is O=C(NCC1(CCCl)CC1)c1cccc(O)c1O. The van der Waals surface area contributed by atoms with E-state index in [1.807, 2.05) is 0 Å². The van der Waals surface area contributed by atoms with E-state index in [-0.39, 0.29) is 28.4 Å². The van der Waals surface area contributed by atoms with Crippen LogP contribution in [0.25, 0.3) is 0 Å². The van der Waals surface area contributed by atoms with Gasteiger partial charge in [0.05, 0.1) is 5.56 Å². The van der Waals surface area contributed by atoms with Crippen molar-refractivity contribution in [3.05, 3.63) is 23.8 Å². The lowest BCUT2D eigenvalue weighted by Crippen LogP contribution is -2.30. The summed E-state index contributed by atoms with van der Waals surface area (Å²) in [7, 11) is 0. The average Bonchev–Trinajstić information content (AvgIpc) is 3.11. The molecule has 1 aromatic rings. The maximum atomic E-state index is 11.9. The molecule has 0 unspecified atom stereocenters. The van der Waals surface area contributed by atoms with Crippen molar-refractivity contribution in [3.8, 4) is 11.5 Å². The molecule has 0 aromatic heterocycles. The summed E-state index contributed by atoms with van der Waals surface area (Å²) in [5.74, 6) is -0.446. The molecule has 1 aliphatic carbocycles. The Labute approximate surface area is 111 Å². The van der Waals surface area contributed by atoms with E-state index in [0.717, 1.165) is 19.3 Å². The summed E-state index contributed by atoms with van der Waals surface area (Å²) in [5.41, 5.74) is 0.237. The van der Waals surface area contributed by atoms with Gasteiger partial charge >= 0.3 is 0 Å². The van der Waals surface area contributed by atoms with Crippen LogP contribution in [0.2, 0.25) is 0 Å². The van der Waals surface area contributed by atoms with E-state index in [1.165, 1.54) is 18.2 Å². The number of phenols is 2. The van der Waals surface area contributed by atoms with Gasteiger partial charge in [0.15, 0.2) is 11.5 Å². The molecule has 1 aromatic carbocycles. The van der Waals surface area contributed by atoms with Crippen LogP contribution in [0.4, 0.5) is 0 Å². The number of benzene rings is 1. The molecule has 0 spiro atoms. The number of halogens is 1. The fourth-order valence-electron chi connectivity index (χ4n) is 1.97. The molecule has 0 radical (unpaired) electrons. The van der Waals surface area contributed by atoms with Gasteiger partial charge in [-0.2, -0.15) is 0 Å². The second kappa shape index (κ2) is 5.06. The van der Waals surface area contributed by atoms with Gasteiger partial charge in [0.25, 0.3) is 5.91 Å². The Morgan fingerprint density at radius 2 is 2.11 bits per heavy atom. The van der Waals surface area contributed by atoms with E-state index in [9.17, 15) is 15.0 Å². The van der Waals surface area contributed by atoms with E-state index in [1.54, 1.807) is 0 Å². The Bertz CT molecular complexity index is 458. The molecule has 5 heteroatoms. The Morgan fingerprint density at radius 3 is 2.72 bits per heavy atom. The average molecular weight is 270 g/mol. The summed E-state index contributed by atoms with van der Waals surface area (Å²) in [4.78, 5) is 11.9. The number of carbonyl (C=O) groups is 1. The predicted molar refractivity (Wildman–Crippen MR) is 69.1 cm³/mol. The lowest BCUT2D eigenvalue weighted by Gasteiger charge is -2.14. The van der Waals surface area contributed by atoms with Gasteiger partial charge in [0, 0.05) is 12.4 Å². The maximum absolute atomic E-state index is 11.9. The number of amides is 1. The van der Waals surface area contributed by atoms with Gasteiger partial charge in [-0.25, -0.2) is 0 Å². The molecule has 0 bridgehead atoms. The molecule has 1 aliphatic rings. The first kappa shape index (κ1) is 13.0. The molecular formula is C13H16ClNO3. The number of para-hydroxylation sites is 1. The van der Waals surface area contributed by atoms with E-state index in [2.05, 4.69) is 5.32 Å². The Hall–Kier alpha value is -1.42. The van der Waals surface area contributed by atoms with Crippen LogP contribution in [0.5, 0.6) is 11.5 Å². The summed E-state index contributed by atoms with van der Waals surface area (Å²) < 4.78 is 0. The van der Waals surface area contributed by atoms with Crippen LogP contribution in [0, 0.1) is 5.41 Å². The first-order chi connectivity index (χ1) is 8.58. The van der Waals surface area contributed by atoms with E-state index in [4.69, 9.17) is 11.6 Å². The van der Waals surface area contributed by atoms with Crippen molar-refractivity contribution < 1.29 is 15.0 Å². The molecule has 18 heavy (non-hydrogen) atoms. The number of carbonyl (C=O) groups excluding carboxylic acids is 1. The quantitative estimate of drug-likeness (QED) is 0.567. The third-order valence-corrected chi connectivity index (χ3v) is 3.65. The first-order valence-corrected chi connectivity index (χ1v) is 6.46. The molecular weight excluding hydrogens is 254 g/mol. The highest BCUT2D eigenvalue weighted by molar-refractivity contribution is 6.17. The number of rotatable bonds is 5. The highest BCUT2D eigenvalue weighted by atomic mass is 35.5. The monoisotopic (exact) mass is 269 g/mol. The molecule has 3 N–H and O–H groups in total. The maximum Gasteiger partial charge on any atom is 0.255 e. The van der Waals surface area contributed by atoms with Gasteiger partial charge in [0.1, 0.15) is 0 Å². The van der Waals surface area contributed by atoms with Gasteiger partial charge in [-0.1, -0.05) is 6.07 Å². The zero-order chi connectivity index (χ0) is 13.2. The molecule has 98 valence electrons. The lowest BCUT2D eigenvalue weighted by atomic mass is 10.0. The van der Waals surface area contributed by atoms with E-state index in [0.29, 0.717) is 12.4 Å². The Balaban J connectivity index is 1.98. The largest absolute Gasteiger partial charge is 0.504 e. The van der Waals surface area contributed by atoms with Crippen LogP contribution in [-0.2, 0) is 0 Å². The van der Waals surface area contributed by atoms with Gasteiger partial charge in [-0.05, 0) is 36.8 Å².